The fourth-order valence-electron chi connectivity index (χ4n) is 3.96. The molecule has 0 radical (unpaired) electrons. The van der Waals surface area contributed by atoms with Crippen LogP contribution in [0, 0.1) is 5.82 Å². The molecule has 0 aliphatic carbocycles. The molecule has 2 aromatic carbocycles. The Morgan fingerprint density at radius 1 is 1.26 bits per heavy atom. The smallest absolute Gasteiger partial charge is 0.233 e. The van der Waals surface area contributed by atoms with Gasteiger partial charge in [-0.3, -0.25) is 9.36 Å². The van der Waals surface area contributed by atoms with E-state index in [9.17, 15) is 9.18 Å². The summed E-state index contributed by atoms with van der Waals surface area (Å²) < 4.78 is 26.7. The number of aromatic nitrogens is 3. The van der Waals surface area contributed by atoms with Gasteiger partial charge in [-0.05, 0) is 61.7 Å². The molecule has 1 saturated heterocycles. The maximum Gasteiger partial charge on any atom is 0.233 e. The standard InChI is InChI=1S/C25H29FN4O3S/c1-3-29(15-18-6-4-7-20(26)14-18)23(31)17-34-25-28-27-24(19-9-11-21(32-2)12-10-19)30(25)16-22-8-5-13-33-22/h4,6-7,9-12,14,22H,3,5,8,13,15-17H2,1-2H3/t22-/m0/s1. The minimum Gasteiger partial charge on any atom is -0.497 e. The quantitative estimate of drug-likeness (QED) is 0.397. The first-order chi connectivity index (χ1) is 16.6. The number of methoxy groups -OCH3 is 1. The average Bonchev–Trinajstić information content (AvgIpc) is 3.51. The van der Waals surface area contributed by atoms with Crippen LogP contribution in [0.15, 0.2) is 53.7 Å². The highest BCUT2D eigenvalue weighted by molar-refractivity contribution is 7.99. The van der Waals surface area contributed by atoms with E-state index < -0.39 is 0 Å². The van der Waals surface area contributed by atoms with Crippen molar-refractivity contribution < 1.29 is 18.7 Å². The zero-order valence-electron chi connectivity index (χ0n) is 19.4. The van der Waals surface area contributed by atoms with Crippen LogP contribution in [-0.2, 0) is 22.6 Å². The van der Waals surface area contributed by atoms with E-state index in [-0.39, 0.29) is 23.6 Å². The first-order valence-electron chi connectivity index (χ1n) is 11.4. The van der Waals surface area contributed by atoms with Crippen molar-refractivity contribution in [2.45, 2.75) is 44.1 Å². The molecule has 0 bridgehead atoms. The number of hydrogen-bond donors (Lipinski definition) is 0. The maximum absolute atomic E-state index is 13.5. The number of amides is 1. The van der Waals surface area contributed by atoms with Gasteiger partial charge in [0, 0.05) is 25.3 Å². The Kier molecular flexibility index (Phi) is 8.18. The van der Waals surface area contributed by atoms with Gasteiger partial charge in [0.1, 0.15) is 11.6 Å². The molecule has 0 unspecified atom stereocenters. The number of hydrogen-bond acceptors (Lipinski definition) is 6. The molecule has 180 valence electrons. The van der Waals surface area contributed by atoms with Crippen LogP contribution in [0.1, 0.15) is 25.3 Å². The molecule has 0 saturated carbocycles. The normalized spacial score (nSPS) is 15.4. The molecule has 1 aliphatic rings. The first kappa shape index (κ1) is 24.2. The number of benzene rings is 2. The number of halogens is 1. The Morgan fingerprint density at radius 2 is 2.09 bits per heavy atom. The average molecular weight is 485 g/mol. The Bertz CT molecular complexity index is 1100. The summed E-state index contributed by atoms with van der Waals surface area (Å²) in [5.74, 6) is 1.39. The van der Waals surface area contributed by atoms with Crippen LogP contribution < -0.4 is 4.74 Å². The van der Waals surface area contributed by atoms with Crippen LogP contribution in [0.3, 0.4) is 0 Å². The van der Waals surface area contributed by atoms with Crippen LogP contribution in [0.5, 0.6) is 5.75 Å². The van der Waals surface area contributed by atoms with E-state index in [1.165, 1.54) is 23.9 Å². The van der Waals surface area contributed by atoms with Crippen molar-refractivity contribution in [3.63, 3.8) is 0 Å². The lowest BCUT2D eigenvalue weighted by Crippen LogP contribution is -2.31. The third-order valence-corrected chi connectivity index (χ3v) is 6.75. The number of nitrogens with zero attached hydrogens (tertiary/aromatic N) is 4. The fourth-order valence-corrected chi connectivity index (χ4v) is 4.81. The van der Waals surface area contributed by atoms with Gasteiger partial charge in [-0.2, -0.15) is 0 Å². The van der Waals surface area contributed by atoms with Crippen LogP contribution in [0.2, 0.25) is 0 Å². The predicted octanol–water partition coefficient (Wildman–Crippen LogP) is 4.41. The Morgan fingerprint density at radius 3 is 2.76 bits per heavy atom. The minimum absolute atomic E-state index is 0.0329. The van der Waals surface area contributed by atoms with Crippen molar-refractivity contribution in [1.82, 2.24) is 19.7 Å². The molecule has 3 aromatic rings. The molecule has 1 atom stereocenters. The summed E-state index contributed by atoms with van der Waals surface area (Å²) in [6, 6.07) is 14.0. The van der Waals surface area contributed by atoms with E-state index in [4.69, 9.17) is 9.47 Å². The number of ether oxygens (including phenoxy) is 2. The van der Waals surface area contributed by atoms with Gasteiger partial charge in [-0.15, -0.1) is 10.2 Å². The van der Waals surface area contributed by atoms with Gasteiger partial charge in [0.25, 0.3) is 0 Å². The van der Waals surface area contributed by atoms with E-state index in [0.717, 1.165) is 42.1 Å². The predicted molar refractivity (Wildman–Crippen MR) is 129 cm³/mol. The van der Waals surface area contributed by atoms with Gasteiger partial charge >= 0.3 is 0 Å². The summed E-state index contributed by atoms with van der Waals surface area (Å²) >= 11 is 1.36. The van der Waals surface area contributed by atoms with E-state index in [2.05, 4.69) is 10.2 Å². The molecular formula is C25H29FN4O3S. The van der Waals surface area contributed by atoms with Gasteiger partial charge in [0.2, 0.25) is 5.91 Å². The molecule has 1 amide bonds. The largest absolute Gasteiger partial charge is 0.497 e. The lowest BCUT2D eigenvalue weighted by atomic mass is 10.2. The number of carbonyl (C=O) groups excluding carboxylic acids is 1. The highest BCUT2D eigenvalue weighted by Crippen LogP contribution is 2.28. The van der Waals surface area contributed by atoms with Gasteiger partial charge in [0.15, 0.2) is 11.0 Å². The summed E-state index contributed by atoms with van der Waals surface area (Å²) in [6.07, 6.45) is 2.13. The van der Waals surface area contributed by atoms with Crippen molar-refractivity contribution in [1.29, 1.82) is 0 Å². The molecule has 4 rings (SSSR count). The van der Waals surface area contributed by atoms with E-state index in [0.29, 0.717) is 24.8 Å². The monoisotopic (exact) mass is 484 g/mol. The topological polar surface area (TPSA) is 69.5 Å². The molecule has 1 aliphatic heterocycles. The summed E-state index contributed by atoms with van der Waals surface area (Å²) in [7, 11) is 1.63. The van der Waals surface area contributed by atoms with Gasteiger partial charge in [-0.25, -0.2) is 4.39 Å². The zero-order chi connectivity index (χ0) is 23.9. The fraction of sp³-hybridized carbons (Fsp3) is 0.400. The molecule has 2 heterocycles. The van der Waals surface area contributed by atoms with Crippen molar-refractivity contribution in [2.24, 2.45) is 0 Å². The van der Waals surface area contributed by atoms with Crippen molar-refractivity contribution >= 4 is 17.7 Å². The lowest BCUT2D eigenvalue weighted by Gasteiger charge is -2.21. The van der Waals surface area contributed by atoms with Crippen LogP contribution in [0.4, 0.5) is 4.39 Å². The summed E-state index contributed by atoms with van der Waals surface area (Å²) in [4.78, 5) is 14.7. The van der Waals surface area contributed by atoms with E-state index >= 15 is 0 Å². The second kappa shape index (κ2) is 11.5. The van der Waals surface area contributed by atoms with Crippen LogP contribution >= 0.6 is 11.8 Å². The molecule has 1 fully saturated rings. The summed E-state index contributed by atoms with van der Waals surface area (Å²) in [5, 5.41) is 9.51. The molecule has 7 nitrogen and oxygen atoms in total. The third-order valence-electron chi connectivity index (χ3n) is 5.80. The number of carbonyl (C=O) groups is 1. The maximum atomic E-state index is 13.5. The SMILES string of the molecule is CCN(Cc1cccc(F)c1)C(=O)CSc1nnc(-c2ccc(OC)cc2)n1C[C@@H]1CCCO1. The van der Waals surface area contributed by atoms with Crippen molar-refractivity contribution in [2.75, 3.05) is 26.0 Å². The number of thioether (sulfide) groups is 1. The second-order valence-corrected chi connectivity index (χ2v) is 9.05. The summed E-state index contributed by atoms with van der Waals surface area (Å²) in [6.45, 7) is 4.22. The molecule has 34 heavy (non-hydrogen) atoms. The summed E-state index contributed by atoms with van der Waals surface area (Å²) in [5.41, 5.74) is 1.69. The van der Waals surface area contributed by atoms with Crippen LogP contribution in [-0.4, -0.2) is 57.7 Å². The minimum atomic E-state index is -0.302. The molecule has 1 aromatic heterocycles. The third kappa shape index (κ3) is 5.95. The lowest BCUT2D eigenvalue weighted by molar-refractivity contribution is -0.128. The van der Waals surface area contributed by atoms with Gasteiger partial charge in [-0.1, -0.05) is 23.9 Å². The zero-order valence-corrected chi connectivity index (χ0v) is 20.3. The van der Waals surface area contributed by atoms with E-state index in [1.54, 1.807) is 18.1 Å². The highest BCUT2D eigenvalue weighted by atomic mass is 32.2. The molecule has 0 N–H and O–H groups in total. The molecule has 9 heteroatoms. The molecular weight excluding hydrogens is 455 g/mol. The molecule has 0 spiro atoms. The Hall–Kier alpha value is -2.91. The number of rotatable bonds is 10. The van der Waals surface area contributed by atoms with Gasteiger partial charge < -0.3 is 14.4 Å². The second-order valence-electron chi connectivity index (χ2n) is 8.11. The van der Waals surface area contributed by atoms with E-state index in [1.807, 2.05) is 41.8 Å². The van der Waals surface area contributed by atoms with Gasteiger partial charge in [0.05, 0.1) is 25.5 Å². The van der Waals surface area contributed by atoms with Crippen LogP contribution in [0.25, 0.3) is 11.4 Å². The Balaban J connectivity index is 1.49. The highest BCUT2D eigenvalue weighted by Gasteiger charge is 2.23. The van der Waals surface area contributed by atoms with Crippen molar-refractivity contribution in [3.8, 4) is 17.1 Å². The Labute approximate surface area is 203 Å². The van der Waals surface area contributed by atoms with Crippen molar-refractivity contribution in [3.05, 3.63) is 59.9 Å². The first-order valence-corrected chi connectivity index (χ1v) is 12.4.